The Morgan fingerprint density at radius 1 is 1.25 bits per heavy atom. The average molecular weight is 283 g/mol. The Labute approximate surface area is 106 Å². The monoisotopic (exact) mass is 282 g/mol. The molecule has 0 amide bonds. The van der Waals surface area contributed by atoms with E-state index in [1.54, 1.807) is 0 Å². The second-order valence-electron chi connectivity index (χ2n) is 4.80. The molecule has 0 heterocycles. The molecule has 1 fully saturated rings. The maximum atomic E-state index is 5.73. The lowest BCUT2D eigenvalue weighted by Gasteiger charge is -2.14. The van der Waals surface area contributed by atoms with Crippen LogP contribution in [0.1, 0.15) is 44.6 Å². The van der Waals surface area contributed by atoms with Gasteiger partial charge >= 0.3 is 0 Å². The first-order valence-electron chi connectivity index (χ1n) is 6.06. The number of hydrogen-bond donors (Lipinski definition) is 0. The minimum atomic E-state index is 0.492. The van der Waals surface area contributed by atoms with E-state index in [4.69, 9.17) is 4.74 Å². The maximum absolute atomic E-state index is 5.73. The van der Waals surface area contributed by atoms with Crippen molar-refractivity contribution in [2.75, 3.05) is 0 Å². The molecule has 0 aromatic heterocycles. The number of benzene rings is 1. The SMILES string of the molecule is CC(Br)CC(C)c1ccc(OC2CC2)cc1. The molecule has 2 rings (SSSR count). The Balaban J connectivity index is 1.94. The van der Waals surface area contributed by atoms with Gasteiger partial charge in [-0.1, -0.05) is 41.9 Å². The van der Waals surface area contributed by atoms with Crippen molar-refractivity contribution in [1.29, 1.82) is 0 Å². The number of rotatable bonds is 5. The normalized spacial score (nSPS) is 19.2. The number of alkyl halides is 1. The van der Waals surface area contributed by atoms with Crippen molar-refractivity contribution in [2.45, 2.75) is 50.0 Å². The van der Waals surface area contributed by atoms with E-state index in [0.717, 1.165) is 5.75 Å². The molecule has 0 bridgehead atoms. The highest BCUT2D eigenvalue weighted by atomic mass is 79.9. The second kappa shape index (κ2) is 5.22. The fourth-order valence-electron chi connectivity index (χ4n) is 1.88. The molecule has 0 aliphatic heterocycles. The Kier molecular flexibility index (Phi) is 3.91. The molecule has 1 aromatic rings. The minimum Gasteiger partial charge on any atom is -0.490 e. The van der Waals surface area contributed by atoms with Crippen molar-refractivity contribution in [2.24, 2.45) is 0 Å². The quantitative estimate of drug-likeness (QED) is 0.723. The van der Waals surface area contributed by atoms with E-state index >= 15 is 0 Å². The van der Waals surface area contributed by atoms with Gasteiger partial charge in [-0.3, -0.25) is 0 Å². The molecule has 0 spiro atoms. The molecular formula is C14H19BrO. The van der Waals surface area contributed by atoms with Gasteiger partial charge in [-0.05, 0) is 42.9 Å². The van der Waals surface area contributed by atoms with Crippen LogP contribution in [0.25, 0.3) is 0 Å². The molecule has 1 aromatic carbocycles. The van der Waals surface area contributed by atoms with Crippen LogP contribution in [0, 0.1) is 0 Å². The third-order valence-corrected chi connectivity index (χ3v) is 3.33. The zero-order chi connectivity index (χ0) is 11.5. The van der Waals surface area contributed by atoms with Crippen LogP contribution in [-0.2, 0) is 0 Å². The van der Waals surface area contributed by atoms with Crippen molar-refractivity contribution >= 4 is 15.9 Å². The summed E-state index contributed by atoms with van der Waals surface area (Å²) in [5.74, 6) is 1.62. The summed E-state index contributed by atoms with van der Waals surface area (Å²) < 4.78 is 5.73. The van der Waals surface area contributed by atoms with Crippen LogP contribution in [0.3, 0.4) is 0 Å². The van der Waals surface area contributed by atoms with Crippen LogP contribution in [0.5, 0.6) is 5.75 Å². The lowest BCUT2D eigenvalue weighted by Crippen LogP contribution is -2.01. The highest BCUT2D eigenvalue weighted by Crippen LogP contribution is 2.29. The first kappa shape index (κ1) is 12.0. The highest BCUT2D eigenvalue weighted by Gasteiger charge is 2.23. The van der Waals surface area contributed by atoms with Crippen molar-refractivity contribution < 1.29 is 4.74 Å². The fourth-order valence-corrected chi connectivity index (χ4v) is 2.44. The zero-order valence-electron chi connectivity index (χ0n) is 9.95. The summed E-state index contributed by atoms with van der Waals surface area (Å²) in [6, 6.07) is 8.58. The molecule has 0 N–H and O–H groups in total. The molecule has 1 saturated carbocycles. The van der Waals surface area contributed by atoms with Crippen molar-refractivity contribution in [3.05, 3.63) is 29.8 Å². The first-order chi connectivity index (χ1) is 7.65. The zero-order valence-corrected chi connectivity index (χ0v) is 11.5. The summed E-state index contributed by atoms with van der Waals surface area (Å²) in [5.41, 5.74) is 1.40. The smallest absolute Gasteiger partial charge is 0.119 e. The second-order valence-corrected chi connectivity index (χ2v) is 6.37. The maximum Gasteiger partial charge on any atom is 0.119 e. The van der Waals surface area contributed by atoms with Gasteiger partial charge in [-0.2, -0.15) is 0 Å². The van der Waals surface area contributed by atoms with E-state index in [1.807, 2.05) is 0 Å². The fraction of sp³-hybridized carbons (Fsp3) is 0.571. The Morgan fingerprint density at radius 2 is 1.88 bits per heavy atom. The van der Waals surface area contributed by atoms with Crippen molar-refractivity contribution in [1.82, 2.24) is 0 Å². The van der Waals surface area contributed by atoms with Gasteiger partial charge in [0.2, 0.25) is 0 Å². The molecule has 88 valence electrons. The summed E-state index contributed by atoms with van der Waals surface area (Å²) in [5, 5.41) is 0. The van der Waals surface area contributed by atoms with Gasteiger partial charge in [0.25, 0.3) is 0 Å². The highest BCUT2D eigenvalue weighted by molar-refractivity contribution is 9.09. The Bertz CT molecular complexity index is 327. The summed E-state index contributed by atoms with van der Waals surface area (Å²) in [7, 11) is 0. The minimum absolute atomic E-state index is 0.492. The molecule has 16 heavy (non-hydrogen) atoms. The Hall–Kier alpha value is -0.500. The summed E-state index contributed by atoms with van der Waals surface area (Å²) in [6.45, 7) is 4.47. The van der Waals surface area contributed by atoms with Crippen LogP contribution in [-0.4, -0.2) is 10.9 Å². The lowest BCUT2D eigenvalue weighted by atomic mass is 9.97. The summed E-state index contributed by atoms with van der Waals surface area (Å²) in [6.07, 6.45) is 4.10. The average Bonchev–Trinajstić information content (AvgIpc) is 3.01. The summed E-state index contributed by atoms with van der Waals surface area (Å²) >= 11 is 3.60. The van der Waals surface area contributed by atoms with Gasteiger partial charge in [0.05, 0.1) is 6.10 Å². The van der Waals surface area contributed by atoms with Crippen LogP contribution in [0.15, 0.2) is 24.3 Å². The third kappa shape index (κ3) is 3.51. The molecule has 2 unspecified atom stereocenters. The predicted molar refractivity (Wildman–Crippen MR) is 71.5 cm³/mol. The van der Waals surface area contributed by atoms with Gasteiger partial charge in [0, 0.05) is 4.83 Å². The molecule has 0 radical (unpaired) electrons. The number of halogens is 1. The number of hydrogen-bond acceptors (Lipinski definition) is 1. The topological polar surface area (TPSA) is 9.23 Å². The molecule has 1 aliphatic rings. The molecule has 0 saturated heterocycles. The van der Waals surface area contributed by atoms with Gasteiger partial charge in [0.1, 0.15) is 5.75 Å². The predicted octanol–water partition coefficient (Wildman–Crippen LogP) is 4.50. The van der Waals surface area contributed by atoms with E-state index in [0.29, 0.717) is 16.8 Å². The lowest BCUT2D eigenvalue weighted by molar-refractivity contribution is 0.303. The van der Waals surface area contributed by atoms with Gasteiger partial charge in [-0.25, -0.2) is 0 Å². The largest absolute Gasteiger partial charge is 0.490 e. The van der Waals surface area contributed by atoms with Crippen LogP contribution in [0.2, 0.25) is 0 Å². The van der Waals surface area contributed by atoms with E-state index in [9.17, 15) is 0 Å². The Morgan fingerprint density at radius 3 is 2.38 bits per heavy atom. The molecule has 1 nitrogen and oxygen atoms in total. The van der Waals surface area contributed by atoms with E-state index < -0.39 is 0 Å². The number of ether oxygens (including phenoxy) is 1. The van der Waals surface area contributed by atoms with Crippen molar-refractivity contribution in [3.63, 3.8) is 0 Å². The summed E-state index contributed by atoms with van der Waals surface area (Å²) in [4.78, 5) is 0.574. The molecule has 1 aliphatic carbocycles. The van der Waals surface area contributed by atoms with Crippen LogP contribution in [0.4, 0.5) is 0 Å². The van der Waals surface area contributed by atoms with Crippen molar-refractivity contribution in [3.8, 4) is 5.75 Å². The van der Waals surface area contributed by atoms with E-state index in [1.165, 1.54) is 24.8 Å². The molecule has 2 heteroatoms. The molecular weight excluding hydrogens is 264 g/mol. The van der Waals surface area contributed by atoms with Gasteiger partial charge in [0.15, 0.2) is 0 Å². The van der Waals surface area contributed by atoms with E-state index in [2.05, 4.69) is 54.0 Å². The molecule has 2 atom stereocenters. The van der Waals surface area contributed by atoms with Crippen LogP contribution >= 0.6 is 15.9 Å². The third-order valence-electron chi connectivity index (χ3n) is 2.95. The van der Waals surface area contributed by atoms with Crippen LogP contribution < -0.4 is 4.74 Å². The van der Waals surface area contributed by atoms with Gasteiger partial charge < -0.3 is 4.74 Å². The standard InChI is InChI=1S/C14H19BrO/c1-10(9-11(2)15)12-3-5-13(6-4-12)16-14-7-8-14/h3-6,10-11,14H,7-9H2,1-2H3. The first-order valence-corrected chi connectivity index (χ1v) is 6.97. The van der Waals surface area contributed by atoms with Gasteiger partial charge in [-0.15, -0.1) is 0 Å². The van der Waals surface area contributed by atoms with E-state index in [-0.39, 0.29) is 0 Å².